The van der Waals surface area contributed by atoms with Crippen molar-refractivity contribution in [3.63, 3.8) is 0 Å². The molecular weight excluding hydrogens is 1010 g/mol. The number of nitrogens with zero attached hydrogens (tertiary/aromatic N) is 1. The summed E-state index contributed by atoms with van der Waals surface area (Å²) in [7, 11) is 0. The topological polar surface area (TPSA) is 102 Å². The molecule has 0 aliphatic heterocycles. The van der Waals surface area contributed by atoms with Crippen LogP contribution in [0.25, 0.3) is 0 Å². The molecule has 0 aliphatic carbocycles. The SMILES string of the molecule is CC(C)(C)c1ccc(COc2cc(COc3cc(Cc4cc(C=O)nc(C=O)c4)cc(OCc4cc(OCc5ccc(C(C)(C)C)cc5)cc(OCc5ccc(C(C)(C)C)cc5)c4)c3)cc(OCc3ccc(C(C)(C)C)cc3)c2)cc1. The van der Waals surface area contributed by atoms with Crippen LogP contribution in [0.15, 0.2) is 164 Å². The second-order valence-corrected chi connectivity index (χ2v) is 25.2. The van der Waals surface area contributed by atoms with Gasteiger partial charge in [-0.2, -0.15) is 0 Å². The largest absolute Gasteiger partial charge is 0.489 e. The molecule has 0 bridgehead atoms. The van der Waals surface area contributed by atoms with Gasteiger partial charge in [-0.3, -0.25) is 9.59 Å². The molecule has 81 heavy (non-hydrogen) atoms. The van der Waals surface area contributed by atoms with E-state index in [1.165, 1.54) is 22.3 Å². The Balaban J connectivity index is 1.06. The maximum Gasteiger partial charge on any atom is 0.168 e. The Hall–Kier alpha value is -8.17. The number of pyridine rings is 1. The van der Waals surface area contributed by atoms with E-state index in [1.807, 2.05) is 54.6 Å². The molecule has 0 fully saturated rings. The first-order valence-electron chi connectivity index (χ1n) is 27.9. The van der Waals surface area contributed by atoms with Crippen LogP contribution in [0.3, 0.4) is 0 Å². The number of ether oxygens (including phenoxy) is 6. The van der Waals surface area contributed by atoms with Crippen molar-refractivity contribution in [2.75, 3.05) is 0 Å². The van der Waals surface area contributed by atoms with Crippen LogP contribution >= 0.6 is 0 Å². The van der Waals surface area contributed by atoms with E-state index in [1.54, 1.807) is 12.1 Å². The summed E-state index contributed by atoms with van der Waals surface area (Å²) in [5.41, 5.74) is 13.0. The number of carbonyl (C=O) groups is 2. The Labute approximate surface area is 480 Å². The van der Waals surface area contributed by atoms with Crippen LogP contribution in [0.2, 0.25) is 0 Å². The summed E-state index contributed by atoms with van der Waals surface area (Å²) < 4.78 is 39.2. The molecule has 1 heterocycles. The van der Waals surface area contributed by atoms with Crippen molar-refractivity contribution in [3.05, 3.63) is 242 Å². The molecule has 420 valence electrons. The molecule has 0 aliphatic rings. The van der Waals surface area contributed by atoms with E-state index in [0.717, 1.165) is 44.5 Å². The van der Waals surface area contributed by atoms with E-state index >= 15 is 0 Å². The Morgan fingerprint density at radius 3 is 0.716 bits per heavy atom. The lowest BCUT2D eigenvalue weighted by atomic mass is 9.87. The van der Waals surface area contributed by atoms with Crippen molar-refractivity contribution in [2.45, 2.75) is 151 Å². The van der Waals surface area contributed by atoms with Gasteiger partial charge in [0.1, 0.15) is 85.5 Å². The molecule has 0 spiro atoms. The summed E-state index contributed by atoms with van der Waals surface area (Å²) in [6.45, 7) is 28.3. The van der Waals surface area contributed by atoms with Crippen molar-refractivity contribution in [3.8, 4) is 34.5 Å². The maximum atomic E-state index is 11.9. The molecule has 0 unspecified atom stereocenters. The molecule has 7 aromatic carbocycles. The van der Waals surface area contributed by atoms with E-state index in [9.17, 15) is 9.59 Å². The van der Waals surface area contributed by atoms with Crippen LogP contribution < -0.4 is 28.4 Å². The van der Waals surface area contributed by atoms with Crippen molar-refractivity contribution in [1.82, 2.24) is 4.98 Å². The highest BCUT2D eigenvalue weighted by molar-refractivity contribution is 5.77. The summed E-state index contributed by atoms with van der Waals surface area (Å²) >= 11 is 0. The standard InChI is InChI=1S/C72H79NO8/c1-69(2,3)57-21-13-49(14-22-57)43-76-65-34-55(35-66(39-65)77-44-50-15-23-58(24-16-50)70(4,5)6)47-80-63-32-54(29-53-30-61(41-74)73-62(31-53)42-75)33-64(38-63)81-48-56-36-67(78-45-51-17-25-59(26-18-51)71(7,8)9)40-68(37-56)79-46-52-19-27-60(28-20-52)72(10,11)12/h13-28,30-42H,29,43-48H2,1-12H3. The van der Waals surface area contributed by atoms with Crippen molar-refractivity contribution >= 4 is 12.6 Å². The lowest BCUT2D eigenvalue weighted by Crippen LogP contribution is -2.11. The summed E-state index contributed by atoms with van der Waals surface area (Å²) in [6, 6.07) is 55.1. The zero-order valence-electron chi connectivity index (χ0n) is 49.4. The molecule has 0 amide bonds. The van der Waals surface area contributed by atoms with Gasteiger partial charge in [0.2, 0.25) is 0 Å². The predicted octanol–water partition coefficient (Wildman–Crippen LogP) is 17.0. The average Bonchev–Trinajstić information content (AvgIpc) is 3.46. The fourth-order valence-corrected chi connectivity index (χ4v) is 9.16. The number of aldehydes is 2. The lowest BCUT2D eigenvalue weighted by Gasteiger charge is -2.19. The zero-order valence-corrected chi connectivity index (χ0v) is 49.4. The molecule has 8 aromatic rings. The molecule has 8 rings (SSSR count). The molecule has 1 aromatic heterocycles. The highest BCUT2D eigenvalue weighted by Crippen LogP contribution is 2.33. The number of hydrogen-bond donors (Lipinski definition) is 0. The summed E-state index contributed by atoms with van der Waals surface area (Å²) in [5, 5.41) is 0. The van der Waals surface area contributed by atoms with E-state index < -0.39 is 0 Å². The van der Waals surface area contributed by atoms with Gasteiger partial charge in [0.05, 0.1) is 0 Å². The van der Waals surface area contributed by atoms with E-state index in [2.05, 4.69) is 185 Å². The minimum atomic E-state index is 0.0415. The predicted molar refractivity (Wildman–Crippen MR) is 324 cm³/mol. The minimum absolute atomic E-state index is 0.0415. The van der Waals surface area contributed by atoms with Crippen molar-refractivity contribution < 1.29 is 38.0 Å². The fraction of sp³-hybridized carbons (Fsp3) is 0.319. The zero-order chi connectivity index (χ0) is 58.0. The number of carbonyl (C=O) groups excluding carboxylic acids is 2. The van der Waals surface area contributed by atoms with Gasteiger partial charge in [-0.1, -0.05) is 180 Å². The van der Waals surface area contributed by atoms with Gasteiger partial charge in [-0.05, 0) is 143 Å². The Morgan fingerprint density at radius 2 is 0.494 bits per heavy atom. The van der Waals surface area contributed by atoms with E-state index in [0.29, 0.717) is 79.9 Å². The van der Waals surface area contributed by atoms with E-state index in [-0.39, 0.29) is 46.3 Å². The second kappa shape index (κ2) is 25.5. The highest BCUT2D eigenvalue weighted by atomic mass is 16.5. The van der Waals surface area contributed by atoms with Gasteiger partial charge in [0, 0.05) is 18.2 Å². The first-order chi connectivity index (χ1) is 38.4. The average molecular weight is 1090 g/mol. The fourth-order valence-electron chi connectivity index (χ4n) is 9.16. The van der Waals surface area contributed by atoms with Crippen LogP contribution in [0.1, 0.15) is 171 Å². The summed E-state index contributed by atoms with van der Waals surface area (Å²) in [4.78, 5) is 27.9. The Bertz CT molecular complexity index is 3010. The summed E-state index contributed by atoms with van der Waals surface area (Å²) in [6.07, 6.45) is 1.65. The van der Waals surface area contributed by atoms with Gasteiger partial charge in [-0.25, -0.2) is 4.98 Å². The first-order valence-corrected chi connectivity index (χ1v) is 27.9. The van der Waals surface area contributed by atoms with Gasteiger partial charge in [-0.15, -0.1) is 0 Å². The van der Waals surface area contributed by atoms with Crippen LogP contribution in [-0.4, -0.2) is 17.6 Å². The third-order valence-electron chi connectivity index (χ3n) is 14.1. The van der Waals surface area contributed by atoms with Crippen LogP contribution in [0.5, 0.6) is 34.5 Å². The molecule has 0 radical (unpaired) electrons. The first kappa shape index (κ1) is 59.0. The van der Waals surface area contributed by atoms with Crippen molar-refractivity contribution in [2.24, 2.45) is 0 Å². The molecule has 0 atom stereocenters. The maximum absolute atomic E-state index is 11.9. The van der Waals surface area contributed by atoms with Gasteiger partial charge >= 0.3 is 0 Å². The van der Waals surface area contributed by atoms with Crippen molar-refractivity contribution in [1.29, 1.82) is 0 Å². The third-order valence-corrected chi connectivity index (χ3v) is 14.1. The number of aromatic nitrogens is 1. The molecular formula is C72H79NO8. The molecule has 0 saturated heterocycles. The Kier molecular flexibility index (Phi) is 18.6. The van der Waals surface area contributed by atoms with Crippen LogP contribution in [-0.2, 0) is 67.7 Å². The number of rotatable bonds is 22. The highest BCUT2D eigenvalue weighted by Gasteiger charge is 2.18. The third kappa shape index (κ3) is 17.4. The number of benzene rings is 7. The monoisotopic (exact) mass is 1090 g/mol. The second-order valence-electron chi connectivity index (χ2n) is 25.2. The lowest BCUT2D eigenvalue weighted by molar-refractivity contribution is 0.111. The molecule has 9 heteroatoms. The van der Waals surface area contributed by atoms with Gasteiger partial charge in [0.25, 0.3) is 0 Å². The Morgan fingerprint density at radius 1 is 0.284 bits per heavy atom. The smallest absolute Gasteiger partial charge is 0.168 e. The number of hydrogen-bond acceptors (Lipinski definition) is 9. The van der Waals surface area contributed by atoms with Gasteiger partial charge in [0.15, 0.2) is 12.6 Å². The molecule has 9 nitrogen and oxygen atoms in total. The van der Waals surface area contributed by atoms with Crippen LogP contribution in [0, 0.1) is 0 Å². The quantitative estimate of drug-likeness (QED) is 0.0614. The minimum Gasteiger partial charge on any atom is -0.489 e. The summed E-state index contributed by atoms with van der Waals surface area (Å²) in [5.74, 6) is 3.68. The molecule has 0 saturated carbocycles. The van der Waals surface area contributed by atoms with Crippen LogP contribution in [0.4, 0.5) is 0 Å². The van der Waals surface area contributed by atoms with E-state index in [4.69, 9.17) is 28.4 Å². The normalized spacial score (nSPS) is 11.9. The van der Waals surface area contributed by atoms with Gasteiger partial charge < -0.3 is 28.4 Å². The molecule has 0 N–H and O–H groups in total.